The van der Waals surface area contributed by atoms with Crippen LogP contribution in [0.4, 0.5) is 5.69 Å². The van der Waals surface area contributed by atoms with Crippen LogP contribution in [-0.2, 0) is 16.1 Å². The molecule has 0 aromatic carbocycles. The fourth-order valence-corrected chi connectivity index (χ4v) is 2.01. The number of halogens is 1. The van der Waals surface area contributed by atoms with E-state index in [1.54, 1.807) is 20.3 Å². The summed E-state index contributed by atoms with van der Waals surface area (Å²) in [6, 6.07) is 0. The van der Waals surface area contributed by atoms with Crippen molar-refractivity contribution in [2.75, 3.05) is 26.0 Å². The molecular formula is C14H26ClN5O2. The number of anilines is 1. The first kappa shape index (κ1) is 20.4. The minimum Gasteiger partial charge on any atom is -0.347 e. The fourth-order valence-electron chi connectivity index (χ4n) is 2.01. The molecule has 3 N–H and O–H groups in total. The number of amides is 2. The summed E-state index contributed by atoms with van der Waals surface area (Å²) in [6.07, 6.45) is 4.54. The molecule has 0 radical (unpaired) electrons. The molecule has 1 aromatic heterocycles. The Morgan fingerprint density at radius 2 is 1.95 bits per heavy atom. The van der Waals surface area contributed by atoms with E-state index in [0.29, 0.717) is 25.1 Å². The van der Waals surface area contributed by atoms with Crippen LogP contribution < -0.4 is 11.1 Å². The lowest BCUT2D eigenvalue weighted by Crippen LogP contribution is -2.41. The standard InChI is InChI=1S/C14H25N5O2.ClH/c1-5-14(6-2,10-15)13(21)17-11-7-16-19(8-11)9-12(20)18(3)4;/h7-8H,5-6,9-10,15H2,1-4H3,(H,17,21);1H. The largest absolute Gasteiger partial charge is 0.347 e. The van der Waals surface area contributed by atoms with E-state index in [0.717, 1.165) is 0 Å². The summed E-state index contributed by atoms with van der Waals surface area (Å²) in [4.78, 5) is 25.5. The second kappa shape index (κ2) is 8.75. The molecule has 0 aliphatic heterocycles. The van der Waals surface area contributed by atoms with Crippen LogP contribution in [0.5, 0.6) is 0 Å². The number of hydrogen-bond donors (Lipinski definition) is 2. The molecule has 0 spiro atoms. The van der Waals surface area contributed by atoms with Crippen molar-refractivity contribution in [2.24, 2.45) is 11.1 Å². The van der Waals surface area contributed by atoms with Crippen LogP contribution in [-0.4, -0.2) is 47.1 Å². The van der Waals surface area contributed by atoms with Gasteiger partial charge in [-0.25, -0.2) is 0 Å². The number of nitrogens with two attached hydrogens (primary N) is 1. The highest BCUT2D eigenvalue weighted by atomic mass is 35.5. The number of hydrogen-bond acceptors (Lipinski definition) is 4. The Labute approximate surface area is 137 Å². The van der Waals surface area contributed by atoms with Gasteiger partial charge in [0, 0.05) is 26.8 Å². The number of rotatable bonds is 7. The van der Waals surface area contributed by atoms with E-state index >= 15 is 0 Å². The number of nitrogens with zero attached hydrogens (tertiary/aromatic N) is 3. The highest BCUT2D eigenvalue weighted by Gasteiger charge is 2.33. The molecule has 0 bridgehead atoms. The van der Waals surface area contributed by atoms with Gasteiger partial charge in [0.2, 0.25) is 11.8 Å². The normalized spacial score (nSPS) is 10.8. The zero-order valence-corrected chi connectivity index (χ0v) is 14.4. The Morgan fingerprint density at radius 3 is 2.41 bits per heavy atom. The number of carbonyl (C=O) groups excluding carboxylic acids is 2. The third kappa shape index (κ3) is 4.71. The van der Waals surface area contributed by atoms with Crippen LogP contribution in [0.15, 0.2) is 12.4 Å². The summed E-state index contributed by atoms with van der Waals surface area (Å²) < 4.78 is 1.50. The average Bonchev–Trinajstić information content (AvgIpc) is 2.88. The van der Waals surface area contributed by atoms with E-state index in [-0.39, 0.29) is 30.8 Å². The number of likely N-dealkylation sites (N-methyl/N-ethyl adjacent to an activating group) is 1. The van der Waals surface area contributed by atoms with Gasteiger partial charge in [-0.15, -0.1) is 12.4 Å². The monoisotopic (exact) mass is 331 g/mol. The molecule has 7 nitrogen and oxygen atoms in total. The van der Waals surface area contributed by atoms with Crippen molar-refractivity contribution >= 4 is 29.9 Å². The van der Waals surface area contributed by atoms with Gasteiger partial charge < -0.3 is 16.0 Å². The van der Waals surface area contributed by atoms with Crippen LogP contribution in [0.2, 0.25) is 0 Å². The van der Waals surface area contributed by atoms with Gasteiger partial charge in [-0.05, 0) is 12.8 Å². The molecule has 0 unspecified atom stereocenters. The topological polar surface area (TPSA) is 93.2 Å². The molecule has 1 rings (SSSR count). The van der Waals surface area contributed by atoms with Gasteiger partial charge in [-0.3, -0.25) is 14.3 Å². The van der Waals surface area contributed by atoms with Crippen molar-refractivity contribution in [3.63, 3.8) is 0 Å². The maximum absolute atomic E-state index is 12.4. The molecule has 22 heavy (non-hydrogen) atoms. The molecule has 0 atom stereocenters. The van der Waals surface area contributed by atoms with Crippen LogP contribution in [0.3, 0.4) is 0 Å². The van der Waals surface area contributed by atoms with Crippen molar-refractivity contribution in [3.8, 4) is 0 Å². The zero-order valence-electron chi connectivity index (χ0n) is 13.6. The van der Waals surface area contributed by atoms with E-state index in [1.807, 2.05) is 13.8 Å². The van der Waals surface area contributed by atoms with Crippen molar-refractivity contribution in [1.82, 2.24) is 14.7 Å². The third-order valence-corrected chi connectivity index (χ3v) is 3.91. The molecule has 0 aliphatic rings. The first-order valence-electron chi connectivity index (χ1n) is 7.12. The van der Waals surface area contributed by atoms with Gasteiger partial charge in [-0.1, -0.05) is 13.8 Å². The highest BCUT2D eigenvalue weighted by Crippen LogP contribution is 2.26. The molecular weight excluding hydrogens is 306 g/mol. The van der Waals surface area contributed by atoms with Crippen LogP contribution in [0, 0.1) is 5.41 Å². The smallest absolute Gasteiger partial charge is 0.243 e. The highest BCUT2D eigenvalue weighted by molar-refractivity contribution is 5.95. The summed E-state index contributed by atoms with van der Waals surface area (Å²) in [7, 11) is 3.37. The molecule has 0 saturated heterocycles. The van der Waals surface area contributed by atoms with Crippen LogP contribution in [0.1, 0.15) is 26.7 Å². The summed E-state index contributed by atoms with van der Waals surface area (Å²) in [5.41, 5.74) is 5.78. The lowest BCUT2D eigenvalue weighted by atomic mass is 9.81. The summed E-state index contributed by atoms with van der Waals surface area (Å²) >= 11 is 0. The number of aromatic nitrogens is 2. The molecule has 1 heterocycles. The molecule has 2 amide bonds. The molecule has 126 valence electrons. The molecule has 8 heteroatoms. The minimum atomic E-state index is -0.554. The van der Waals surface area contributed by atoms with Crippen molar-refractivity contribution in [3.05, 3.63) is 12.4 Å². The first-order valence-corrected chi connectivity index (χ1v) is 7.12. The second-order valence-corrected chi connectivity index (χ2v) is 5.36. The first-order chi connectivity index (χ1) is 9.88. The predicted molar refractivity (Wildman–Crippen MR) is 88.9 cm³/mol. The van der Waals surface area contributed by atoms with Crippen molar-refractivity contribution < 1.29 is 9.59 Å². The number of carbonyl (C=O) groups is 2. The van der Waals surface area contributed by atoms with Crippen molar-refractivity contribution in [2.45, 2.75) is 33.2 Å². The van der Waals surface area contributed by atoms with Gasteiger partial charge in [-0.2, -0.15) is 5.10 Å². The lowest BCUT2D eigenvalue weighted by Gasteiger charge is -2.28. The average molecular weight is 332 g/mol. The Bertz CT molecular complexity index is 489. The fraction of sp³-hybridized carbons (Fsp3) is 0.643. The van der Waals surface area contributed by atoms with E-state index in [2.05, 4.69) is 10.4 Å². The Balaban J connectivity index is 0.00000441. The molecule has 0 aliphatic carbocycles. The lowest BCUT2D eigenvalue weighted by molar-refractivity contribution is -0.129. The van der Waals surface area contributed by atoms with E-state index < -0.39 is 5.41 Å². The summed E-state index contributed by atoms with van der Waals surface area (Å²) in [6.45, 7) is 4.36. The van der Waals surface area contributed by atoms with Gasteiger partial charge >= 0.3 is 0 Å². The SMILES string of the molecule is CCC(CC)(CN)C(=O)Nc1cnn(CC(=O)N(C)C)c1.Cl. The third-order valence-electron chi connectivity index (χ3n) is 3.91. The zero-order chi connectivity index (χ0) is 16.0. The maximum Gasteiger partial charge on any atom is 0.243 e. The van der Waals surface area contributed by atoms with E-state index in [9.17, 15) is 9.59 Å². The molecule has 0 saturated carbocycles. The summed E-state index contributed by atoms with van der Waals surface area (Å²) in [5.74, 6) is -0.164. The quantitative estimate of drug-likeness (QED) is 0.782. The Kier molecular flexibility index (Phi) is 8.11. The van der Waals surface area contributed by atoms with Gasteiger partial charge in [0.05, 0.1) is 17.3 Å². The van der Waals surface area contributed by atoms with Crippen LogP contribution >= 0.6 is 12.4 Å². The van der Waals surface area contributed by atoms with E-state index in [4.69, 9.17) is 5.73 Å². The maximum atomic E-state index is 12.4. The number of nitrogens with one attached hydrogen (secondary N) is 1. The van der Waals surface area contributed by atoms with Crippen molar-refractivity contribution in [1.29, 1.82) is 0 Å². The Morgan fingerprint density at radius 1 is 1.36 bits per heavy atom. The van der Waals surface area contributed by atoms with Gasteiger partial charge in [0.25, 0.3) is 0 Å². The molecule has 0 fully saturated rings. The second-order valence-electron chi connectivity index (χ2n) is 5.36. The van der Waals surface area contributed by atoms with Gasteiger partial charge in [0.15, 0.2) is 0 Å². The molecule has 1 aromatic rings. The van der Waals surface area contributed by atoms with E-state index in [1.165, 1.54) is 15.8 Å². The summed E-state index contributed by atoms with van der Waals surface area (Å²) in [5, 5.41) is 6.91. The minimum absolute atomic E-state index is 0. The predicted octanol–water partition coefficient (Wildman–Crippen LogP) is 1.10. The van der Waals surface area contributed by atoms with Crippen LogP contribution in [0.25, 0.3) is 0 Å². The van der Waals surface area contributed by atoms with Gasteiger partial charge in [0.1, 0.15) is 6.54 Å². The Hall–Kier alpha value is -1.60.